The maximum absolute atomic E-state index is 11.7. The van der Waals surface area contributed by atoms with E-state index >= 15 is 0 Å². The fraction of sp³-hybridized carbons (Fsp3) is 0.174. The molecule has 1 heterocycles. The summed E-state index contributed by atoms with van der Waals surface area (Å²) in [5.41, 5.74) is 6.18. The van der Waals surface area contributed by atoms with Gasteiger partial charge in [-0.3, -0.25) is 5.10 Å². The Labute approximate surface area is 175 Å². The topological polar surface area (TPSA) is 101 Å². The van der Waals surface area contributed by atoms with E-state index in [4.69, 9.17) is 5.14 Å². The van der Waals surface area contributed by atoms with E-state index in [-0.39, 0.29) is 4.90 Å². The van der Waals surface area contributed by atoms with Crippen molar-refractivity contribution >= 4 is 26.6 Å². The molecule has 0 fully saturated rings. The van der Waals surface area contributed by atoms with Crippen LogP contribution < -0.4 is 10.5 Å². The molecule has 1 aliphatic carbocycles. The molecule has 0 aliphatic heterocycles. The molecule has 0 bridgehead atoms. The summed E-state index contributed by atoms with van der Waals surface area (Å²) < 4.78 is 23.4. The van der Waals surface area contributed by atoms with Crippen LogP contribution in [0.4, 0.5) is 5.69 Å². The summed E-state index contributed by atoms with van der Waals surface area (Å²) in [5, 5.41) is 17.3. The van der Waals surface area contributed by atoms with Gasteiger partial charge >= 0.3 is 0 Å². The molecule has 0 radical (unpaired) electrons. The minimum absolute atomic E-state index is 0.0753. The van der Waals surface area contributed by atoms with Crippen LogP contribution in [-0.4, -0.2) is 24.7 Å². The Morgan fingerprint density at radius 2 is 1.83 bits per heavy atom. The molecule has 6 nitrogen and oxygen atoms in total. The van der Waals surface area contributed by atoms with Crippen LogP contribution in [0.25, 0.3) is 22.2 Å². The number of anilines is 1. The number of aromatic amines is 1. The summed E-state index contributed by atoms with van der Waals surface area (Å²) in [4.78, 5) is 0.0753. The van der Waals surface area contributed by atoms with Crippen LogP contribution in [0.2, 0.25) is 0 Å². The maximum Gasteiger partial charge on any atom is 0.238 e. The zero-order chi connectivity index (χ0) is 20.7. The molecular weight excluding hydrogens is 396 g/mol. The molecule has 4 N–H and O–H groups in total. The SMILES string of the molecule is NS(=O)(=O)c1cccc(-c2n[nH]c3ccc(NC4CCc5ccccc5C4)cc23)c1. The molecule has 1 unspecified atom stereocenters. The smallest absolute Gasteiger partial charge is 0.238 e. The Kier molecular flexibility index (Phi) is 4.56. The van der Waals surface area contributed by atoms with Crippen LogP contribution in [-0.2, 0) is 22.9 Å². The van der Waals surface area contributed by atoms with E-state index in [1.54, 1.807) is 12.1 Å². The Hall–Kier alpha value is -3.16. The number of rotatable bonds is 4. The number of benzene rings is 3. The van der Waals surface area contributed by atoms with Crippen molar-refractivity contribution in [1.82, 2.24) is 10.2 Å². The summed E-state index contributed by atoms with van der Waals surface area (Å²) in [6.45, 7) is 0. The summed E-state index contributed by atoms with van der Waals surface area (Å²) in [7, 11) is -3.77. The summed E-state index contributed by atoms with van der Waals surface area (Å²) >= 11 is 0. The number of aromatic nitrogens is 2. The Bertz CT molecular complexity index is 1340. The van der Waals surface area contributed by atoms with Crippen molar-refractivity contribution in [3.63, 3.8) is 0 Å². The highest BCUT2D eigenvalue weighted by Gasteiger charge is 2.19. The lowest BCUT2D eigenvalue weighted by Crippen LogP contribution is -2.27. The summed E-state index contributed by atoms with van der Waals surface area (Å²) in [5.74, 6) is 0. The number of fused-ring (bicyclic) bond motifs is 2. The third kappa shape index (κ3) is 3.58. The largest absolute Gasteiger partial charge is 0.382 e. The fourth-order valence-electron chi connectivity index (χ4n) is 4.20. The molecule has 0 amide bonds. The van der Waals surface area contributed by atoms with Gasteiger partial charge in [0.05, 0.1) is 10.4 Å². The predicted molar refractivity (Wildman–Crippen MR) is 119 cm³/mol. The Balaban J connectivity index is 1.46. The number of hydrogen-bond acceptors (Lipinski definition) is 4. The van der Waals surface area contributed by atoms with Crippen LogP contribution >= 0.6 is 0 Å². The van der Waals surface area contributed by atoms with Gasteiger partial charge in [-0.2, -0.15) is 5.10 Å². The van der Waals surface area contributed by atoms with Gasteiger partial charge in [0.15, 0.2) is 0 Å². The number of primary sulfonamides is 1. The van der Waals surface area contributed by atoms with Crippen LogP contribution in [0, 0.1) is 0 Å². The minimum Gasteiger partial charge on any atom is -0.382 e. The number of sulfonamides is 1. The van der Waals surface area contributed by atoms with Gasteiger partial charge in [-0.1, -0.05) is 36.4 Å². The molecule has 4 aromatic rings. The first-order chi connectivity index (χ1) is 14.5. The number of nitrogens with two attached hydrogens (primary N) is 1. The number of H-pyrrole nitrogens is 1. The molecule has 5 rings (SSSR count). The highest BCUT2D eigenvalue weighted by molar-refractivity contribution is 7.89. The molecule has 1 aromatic heterocycles. The average molecular weight is 419 g/mol. The summed E-state index contributed by atoms with van der Waals surface area (Å²) in [6.07, 6.45) is 3.17. The normalized spacial score (nSPS) is 16.4. The van der Waals surface area contributed by atoms with Gasteiger partial charge in [0.25, 0.3) is 0 Å². The van der Waals surface area contributed by atoms with Gasteiger partial charge in [0.1, 0.15) is 5.69 Å². The lowest BCUT2D eigenvalue weighted by molar-refractivity contribution is 0.598. The first-order valence-electron chi connectivity index (χ1n) is 9.92. The van der Waals surface area contributed by atoms with E-state index in [9.17, 15) is 8.42 Å². The highest BCUT2D eigenvalue weighted by Crippen LogP contribution is 2.31. The van der Waals surface area contributed by atoms with Gasteiger partial charge in [0, 0.05) is 22.7 Å². The molecule has 3 aromatic carbocycles. The fourth-order valence-corrected chi connectivity index (χ4v) is 4.76. The standard InChI is InChI=1S/C23H22N4O2S/c24-30(28,29)20-7-3-6-17(13-20)23-21-14-19(10-11-22(21)26-27-23)25-18-9-8-15-4-1-2-5-16(15)12-18/h1-7,10-11,13-14,18,25H,8-9,12H2,(H,26,27)(H2,24,28,29). The lowest BCUT2D eigenvalue weighted by Gasteiger charge is -2.26. The molecule has 152 valence electrons. The van der Waals surface area contributed by atoms with E-state index in [1.165, 1.54) is 17.2 Å². The molecule has 1 atom stereocenters. The second kappa shape index (κ2) is 7.27. The third-order valence-corrected chi connectivity index (χ3v) is 6.63. The van der Waals surface area contributed by atoms with Crippen molar-refractivity contribution in [3.8, 4) is 11.3 Å². The van der Waals surface area contributed by atoms with E-state index in [0.717, 1.165) is 35.9 Å². The second-order valence-corrected chi connectivity index (χ2v) is 9.32. The average Bonchev–Trinajstić information content (AvgIpc) is 3.16. The zero-order valence-electron chi connectivity index (χ0n) is 16.3. The summed E-state index contributed by atoms with van der Waals surface area (Å²) in [6, 6.07) is 21.7. The van der Waals surface area contributed by atoms with E-state index in [2.05, 4.69) is 45.8 Å². The van der Waals surface area contributed by atoms with Gasteiger partial charge < -0.3 is 5.32 Å². The molecule has 0 saturated carbocycles. The molecule has 0 spiro atoms. The van der Waals surface area contributed by atoms with Gasteiger partial charge in [-0.25, -0.2) is 13.6 Å². The van der Waals surface area contributed by atoms with Crippen molar-refractivity contribution in [2.24, 2.45) is 5.14 Å². The van der Waals surface area contributed by atoms with Crippen molar-refractivity contribution < 1.29 is 8.42 Å². The Morgan fingerprint density at radius 3 is 2.67 bits per heavy atom. The third-order valence-electron chi connectivity index (χ3n) is 5.72. The number of nitrogens with zero attached hydrogens (tertiary/aromatic N) is 1. The number of nitrogens with one attached hydrogen (secondary N) is 2. The van der Waals surface area contributed by atoms with Crippen molar-refractivity contribution in [3.05, 3.63) is 77.9 Å². The van der Waals surface area contributed by atoms with Crippen LogP contribution in [0.1, 0.15) is 17.5 Å². The van der Waals surface area contributed by atoms with Crippen LogP contribution in [0.5, 0.6) is 0 Å². The quantitative estimate of drug-likeness (QED) is 0.469. The Morgan fingerprint density at radius 1 is 1.00 bits per heavy atom. The number of aryl methyl sites for hydroxylation is 1. The van der Waals surface area contributed by atoms with Crippen molar-refractivity contribution in [1.29, 1.82) is 0 Å². The van der Waals surface area contributed by atoms with Crippen molar-refractivity contribution in [2.45, 2.75) is 30.2 Å². The number of hydrogen-bond donors (Lipinski definition) is 3. The zero-order valence-corrected chi connectivity index (χ0v) is 17.1. The molecule has 30 heavy (non-hydrogen) atoms. The maximum atomic E-state index is 11.7. The first kappa shape index (κ1) is 18.8. The molecular formula is C23H22N4O2S. The molecule has 0 saturated heterocycles. The van der Waals surface area contributed by atoms with Crippen LogP contribution in [0.15, 0.2) is 71.6 Å². The second-order valence-electron chi connectivity index (χ2n) is 7.76. The first-order valence-corrected chi connectivity index (χ1v) is 11.5. The minimum atomic E-state index is -3.77. The van der Waals surface area contributed by atoms with Crippen molar-refractivity contribution in [2.75, 3.05) is 5.32 Å². The van der Waals surface area contributed by atoms with Gasteiger partial charge in [-0.15, -0.1) is 0 Å². The highest BCUT2D eigenvalue weighted by atomic mass is 32.2. The van der Waals surface area contributed by atoms with E-state index in [1.807, 2.05) is 18.2 Å². The predicted octanol–water partition coefficient (Wildman–Crippen LogP) is 3.85. The van der Waals surface area contributed by atoms with Crippen LogP contribution in [0.3, 0.4) is 0 Å². The van der Waals surface area contributed by atoms with Gasteiger partial charge in [-0.05, 0) is 60.7 Å². The van der Waals surface area contributed by atoms with E-state index < -0.39 is 10.0 Å². The monoisotopic (exact) mass is 418 g/mol. The van der Waals surface area contributed by atoms with E-state index in [0.29, 0.717) is 17.3 Å². The molecule has 7 heteroatoms. The van der Waals surface area contributed by atoms with Gasteiger partial charge in [0.2, 0.25) is 10.0 Å². The lowest BCUT2D eigenvalue weighted by atomic mass is 9.88. The molecule has 1 aliphatic rings.